The van der Waals surface area contributed by atoms with Crippen molar-refractivity contribution in [1.82, 2.24) is 4.90 Å². The fourth-order valence-corrected chi connectivity index (χ4v) is 1.94. The average molecular weight is 215 g/mol. The topological polar surface area (TPSA) is 36.3 Å². The summed E-state index contributed by atoms with van der Waals surface area (Å²) in [6, 6.07) is 9.41. The lowest BCUT2D eigenvalue weighted by atomic mass is 10.1. The van der Waals surface area contributed by atoms with Crippen LogP contribution in [0.25, 0.3) is 0 Å². The van der Waals surface area contributed by atoms with Crippen LogP contribution in [0.15, 0.2) is 24.3 Å². The summed E-state index contributed by atoms with van der Waals surface area (Å²) in [7, 11) is 3.92. The number of piperidine rings is 1. The van der Waals surface area contributed by atoms with Crippen molar-refractivity contribution in [1.29, 1.82) is 5.26 Å². The molecule has 1 atom stereocenters. The van der Waals surface area contributed by atoms with Gasteiger partial charge in [0, 0.05) is 6.54 Å². The molecule has 1 heterocycles. The minimum Gasteiger partial charge on any atom is -0.489 e. The quantitative estimate of drug-likeness (QED) is 0.709. The van der Waals surface area contributed by atoms with E-state index < -0.39 is 0 Å². The van der Waals surface area contributed by atoms with Gasteiger partial charge in [0.25, 0.3) is 0 Å². The summed E-state index contributed by atoms with van der Waals surface area (Å²) >= 11 is 0. The molecule has 1 aliphatic rings. The molecule has 0 N–H and O–H groups in total. The predicted molar refractivity (Wildman–Crippen MR) is 61.7 cm³/mol. The van der Waals surface area contributed by atoms with E-state index >= 15 is 0 Å². The Bertz CT molecular complexity index is 397. The van der Waals surface area contributed by atoms with Crippen LogP contribution in [-0.2, 0) is 0 Å². The van der Waals surface area contributed by atoms with Gasteiger partial charge in [-0.1, -0.05) is 6.07 Å². The SMILES string of the molecule is [CH2-]N1CCCC(Oc2cccc(C#N)c2)C1. The van der Waals surface area contributed by atoms with Crippen molar-refractivity contribution in [2.24, 2.45) is 0 Å². The molecule has 3 heteroatoms. The van der Waals surface area contributed by atoms with Crippen molar-refractivity contribution < 1.29 is 4.74 Å². The van der Waals surface area contributed by atoms with Crippen molar-refractivity contribution in [3.05, 3.63) is 36.9 Å². The Morgan fingerprint density at radius 1 is 1.50 bits per heavy atom. The van der Waals surface area contributed by atoms with E-state index in [-0.39, 0.29) is 6.10 Å². The second-order valence-electron chi connectivity index (χ2n) is 4.10. The molecular weight excluding hydrogens is 200 g/mol. The zero-order valence-electron chi connectivity index (χ0n) is 9.22. The molecule has 16 heavy (non-hydrogen) atoms. The van der Waals surface area contributed by atoms with Crippen LogP contribution in [0.1, 0.15) is 18.4 Å². The second-order valence-corrected chi connectivity index (χ2v) is 4.10. The van der Waals surface area contributed by atoms with E-state index in [2.05, 4.69) is 13.1 Å². The molecule has 3 nitrogen and oxygen atoms in total. The number of nitrogens with zero attached hydrogens (tertiary/aromatic N) is 2. The summed E-state index contributed by atoms with van der Waals surface area (Å²) in [6.45, 7) is 1.90. The molecule has 0 aliphatic carbocycles. The first kappa shape index (κ1) is 11.0. The Morgan fingerprint density at radius 2 is 2.38 bits per heavy atom. The van der Waals surface area contributed by atoms with E-state index in [0.717, 1.165) is 31.7 Å². The van der Waals surface area contributed by atoms with E-state index in [1.165, 1.54) is 0 Å². The minimum atomic E-state index is 0.195. The first-order chi connectivity index (χ1) is 7.78. The molecule has 1 aliphatic heterocycles. The van der Waals surface area contributed by atoms with Gasteiger partial charge < -0.3 is 9.64 Å². The van der Waals surface area contributed by atoms with Crippen LogP contribution in [0, 0.1) is 18.4 Å². The number of nitriles is 1. The van der Waals surface area contributed by atoms with Gasteiger partial charge in [0.05, 0.1) is 11.6 Å². The monoisotopic (exact) mass is 215 g/mol. The van der Waals surface area contributed by atoms with E-state index in [4.69, 9.17) is 10.00 Å². The third-order valence-electron chi connectivity index (χ3n) is 2.73. The van der Waals surface area contributed by atoms with Gasteiger partial charge >= 0.3 is 0 Å². The fraction of sp³-hybridized carbons (Fsp3) is 0.385. The molecule has 1 aromatic carbocycles. The third-order valence-corrected chi connectivity index (χ3v) is 2.73. The van der Waals surface area contributed by atoms with Gasteiger partial charge in [0.1, 0.15) is 11.9 Å². The summed E-state index contributed by atoms with van der Waals surface area (Å²) in [4.78, 5) is 2.03. The molecule has 0 amide bonds. The number of benzene rings is 1. The van der Waals surface area contributed by atoms with Gasteiger partial charge in [-0.05, 0) is 37.6 Å². The van der Waals surface area contributed by atoms with Gasteiger partial charge in [0.15, 0.2) is 0 Å². The van der Waals surface area contributed by atoms with E-state index in [9.17, 15) is 0 Å². The summed E-state index contributed by atoms with van der Waals surface area (Å²) < 4.78 is 5.84. The minimum absolute atomic E-state index is 0.195. The van der Waals surface area contributed by atoms with Crippen LogP contribution < -0.4 is 4.74 Å². The molecule has 84 valence electrons. The standard InChI is InChI=1S/C13H15N2O/c1-15-7-3-6-13(10-15)16-12-5-2-4-11(8-12)9-14/h2,4-5,8,13H,1,3,6-7,10H2/q-1. The average Bonchev–Trinajstić information content (AvgIpc) is 2.29. The molecule has 0 radical (unpaired) electrons. The highest BCUT2D eigenvalue weighted by Crippen LogP contribution is 2.19. The highest BCUT2D eigenvalue weighted by atomic mass is 16.5. The summed E-state index contributed by atoms with van der Waals surface area (Å²) in [5.74, 6) is 0.777. The normalized spacial score (nSPS) is 21.4. The molecule has 0 bridgehead atoms. The maximum Gasteiger partial charge on any atom is 0.121 e. The lowest BCUT2D eigenvalue weighted by Gasteiger charge is -2.35. The zero-order valence-corrected chi connectivity index (χ0v) is 9.22. The van der Waals surface area contributed by atoms with Crippen molar-refractivity contribution >= 4 is 0 Å². The lowest BCUT2D eigenvalue weighted by molar-refractivity contribution is 0.113. The van der Waals surface area contributed by atoms with Crippen molar-refractivity contribution in [2.75, 3.05) is 13.1 Å². The third kappa shape index (κ3) is 2.74. The van der Waals surface area contributed by atoms with Gasteiger partial charge in [-0.3, -0.25) is 7.05 Å². The first-order valence-corrected chi connectivity index (χ1v) is 5.50. The van der Waals surface area contributed by atoms with E-state index in [1.807, 2.05) is 17.0 Å². The van der Waals surface area contributed by atoms with Gasteiger partial charge in [-0.2, -0.15) is 5.26 Å². The fourth-order valence-electron chi connectivity index (χ4n) is 1.94. The molecule has 1 saturated heterocycles. The summed E-state index contributed by atoms with van der Waals surface area (Å²) in [5, 5.41) is 8.79. The van der Waals surface area contributed by atoms with Gasteiger partial charge in [-0.15, -0.1) is 0 Å². The van der Waals surface area contributed by atoms with Crippen LogP contribution in [-0.4, -0.2) is 24.1 Å². The Balaban J connectivity index is 2.00. The molecule has 2 rings (SSSR count). The van der Waals surface area contributed by atoms with Crippen molar-refractivity contribution in [3.63, 3.8) is 0 Å². The van der Waals surface area contributed by atoms with Crippen LogP contribution in [0.5, 0.6) is 5.75 Å². The number of hydrogen-bond donors (Lipinski definition) is 0. The second kappa shape index (κ2) is 5.00. The Hall–Kier alpha value is -1.53. The number of hydrogen-bond acceptors (Lipinski definition) is 3. The summed E-state index contributed by atoms with van der Waals surface area (Å²) in [6.07, 6.45) is 2.37. The van der Waals surface area contributed by atoms with E-state index in [1.54, 1.807) is 12.1 Å². The predicted octanol–water partition coefficient (Wildman–Crippen LogP) is 2.19. The van der Waals surface area contributed by atoms with Crippen LogP contribution in [0.4, 0.5) is 0 Å². The molecule has 1 fully saturated rings. The molecule has 0 saturated carbocycles. The maximum atomic E-state index is 8.79. The molecule has 0 aromatic heterocycles. The highest BCUT2D eigenvalue weighted by Gasteiger charge is 2.15. The lowest BCUT2D eigenvalue weighted by Crippen LogP contribution is -2.37. The van der Waals surface area contributed by atoms with Gasteiger partial charge in [0.2, 0.25) is 0 Å². The zero-order chi connectivity index (χ0) is 11.4. The molecular formula is C13H15N2O-. The smallest absolute Gasteiger partial charge is 0.121 e. The van der Waals surface area contributed by atoms with Crippen LogP contribution >= 0.6 is 0 Å². The number of likely N-dealkylation sites (tertiary alicyclic amines) is 1. The van der Waals surface area contributed by atoms with Crippen LogP contribution in [0.2, 0.25) is 0 Å². The maximum absolute atomic E-state index is 8.79. The number of ether oxygens (including phenoxy) is 1. The van der Waals surface area contributed by atoms with Gasteiger partial charge in [-0.25, -0.2) is 0 Å². The molecule has 1 aromatic rings. The largest absolute Gasteiger partial charge is 0.489 e. The molecule has 1 unspecified atom stereocenters. The Labute approximate surface area is 96.2 Å². The van der Waals surface area contributed by atoms with Crippen LogP contribution in [0.3, 0.4) is 0 Å². The first-order valence-electron chi connectivity index (χ1n) is 5.50. The molecule has 0 spiro atoms. The Morgan fingerprint density at radius 3 is 3.12 bits per heavy atom. The van der Waals surface area contributed by atoms with E-state index in [0.29, 0.717) is 5.56 Å². The highest BCUT2D eigenvalue weighted by molar-refractivity contribution is 5.36. The summed E-state index contributed by atoms with van der Waals surface area (Å²) in [5.41, 5.74) is 0.639. The number of rotatable bonds is 2. The Kier molecular flexibility index (Phi) is 3.43. The van der Waals surface area contributed by atoms with Crippen molar-refractivity contribution in [3.8, 4) is 11.8 Å². The van der Waals surface area contributed by atoms with Crippen molar-refractivity contribution in [2.45, 2.75) is 18.9 Å².